The molecule has 3 heteroatoms. The molecule has 0 aromatic carbocycles. The minimum absolute atomic E-state index is 0.217. The second kappa shape index (κ2) is 11.6. The Bertz CT molecular complexity index is 212. The minimum atomic E-state index is -0.225. The van der Waals surface area contributed by atoms with Crippen molar-refractivity contribution in [3.05, 3.63) is 12.2 Å². The summed E-state index contributed by atoms with van der Waals surface area (Å²) in [5.41, 5.74) is 0. The predicted molar refractivity (Wildman–Crippen MR) is 69.8 cm³/mol. The van der Waals surface area contributed by atoms with Crippen LogP contribution in [0.1, 0.15) is 58.8 Å². The summed E-state index contributed by atoms with van der Waals surface area (Å²) in [5, 5.41) is 9.66. The predicted octanol–water partition coefficient (Wildman–Crippen LogP) is 3.22. The molecule has 0 saturated heterocycles. The van der Waals surface area contributed by atoms with Crippen LogP contribution in [0.15, 0.2) is 12.2 Å². The van der Waals surface area contributed by atoms with E-state index in [0.29, 0.717) is 6.61 Å². The van der Waals surface area contributed by atoms with Crippen molar-refractivity contribution in [2.24, 2.45) is 0 Å². The topological polar surface area (TPSA) is 46.5 Å². The molecule has 1 N–H and O–H groups in total. The van der Waals surface area contributed by atoms with E-state index >= 15 is 0 Å². The molecule has 0 fully saturated rings. The number of esters is 1. The Morgan fingerprint density at radius 1 is 1.29 bits per heavy atom. The number of aliphatic hydroxyl groups is 1. The van der Waals surface area contributed by atoms with Crippen LogP contribution in [0, 0.1) is 0 Å². The maximum absolute atomic E-state index is 10.5. The summed E-state index contributed by atoms with van der Waals surface area (Å²) < 4.78 is 4.83. The van der Waals surface area contributed by atoms with Crippen molar-refractivity contribution < 1.29 is 14.6 Å². The molecule has 0 aromatic heterocycles. The first-order valence-corrected chi connectivity index (χ1v) is 6.63. The third kappa shape index (κ3) is 13.1. The van der Waals surface area contributed by atoms with Crippen molar-refractivity contribution in [2.45, 2.75) is 64.9 Å². The highest BCUT2D eigenvalue weighted by molar-refractivity contribution is 5.65. The van der Waals surface area contributed by atoms with E-state index in [1.807, 2.05) is 0 Å². The zero-order chi connectivity index (χ0) is 12.9. The molecule has 0 aliphatic heterocycles. The molecule has 0 saturated carbocycles. The minimum Gasteiger partial charge on any atom is -0.466 e. The fourth-order valence-corrected chi connectivity index (χ4v) is 1.53. The van der Waals surface area contributed by atoms with Crippen LogP contribution in [0.2, 0.25) is 0 Å². The molecular weight excluding hydrogens is 216 g/mol. The number of hydrogen-bond acceptors (Lipinski definition) is 3. The number of carbonyl (C=O) groups is 1. The van der Waals surface area contributed by atoms with Gasteiger partial charge in [-0.3, -0.25) is 4.79 Å². The summed E-state index contributed by atoms with van der Waals surface area (Å²) in [5.74, 6) is -0.217. The van der Waals surface area contributed by atoms with E-state index in [2.05, 4.69) is 19.1 Å². The Kier molecular flexibility index (Phi) is 11.1. The smallest absolute Gasteiger partial charge is 0.302 e. The van der Waals surface area contributed by atoms with Gasteiger partial charge in [0.1, 0.15) is 0 Å². The Morgan fingerprint density at radius 2 is 2.06 bits per heavy atom. The standard InChI is InChI=1S/C14H26O3/c1-3-4-5-7-10-14(16)11-8-6-9-12-17-13(2)15/h5,7,14,16H,3-4,6,8-12H2,1-2H3/b7-5-. The molecule has 100 valence electrons. The Labute approximate surface area is 105 Å². The zero-order valence-corrected chi connectivity index (χ0v) is 11.2. The van der Waals surface area contributed by atoms with Crippen molar-refractivity contribution in [3.8, 4) is 0 Å². The van der Waals surface area contributed by atoms with Gasteiger partial charge in [-0.15, -0.1) is 0 Å². The Balaban J connectivity index is 3.27. The molecule has 3 nitrogen and oxygen atoms in total. The number of aliphatic hydroxyl groups excluding tert-OH is 1. The maximum atomic E-state index is 10.5. The highest BCUT2D eigenvalue weighted by Crippen LogP contribution is 2.07. The number of ether oxygens (including phenoxy) is 1. The van der Waals surface area contributed by atoms with Gasteiger partial charge in [0.15, 0.2) is 0 Å². The third-order valence-corrected chi connectivity index (χ3v) is 2.52. The first-order chi connectivity index (χ1) is 8.16. The molecule has 0 aromatic rings. The maximum Gasteiger partial charge on any atom is 0.302 e. The fraction of sp³-hybridized carbons (Fsp3) is 0.786. The van der Waals surface area contributed by atoms with Gasteiger partial charge in [-0.1, -0.05) is 31.9 Å². The van der Waals surface area contributed by atoms with Gasteiger partial charge in [0.25, 0.3) is 0 Å². The van der Waals surface area contributed by atoms with Crippen molar-refractivity contribution in [3.63, 3.8) is 0 Å². The summed E-state index contributed by atoms with van der Waals surface area (Å²) in [6.07, 6.45) is 10.7. The SMILES string of the molecule is CCC/C=C\CC(O)CCCCCOC(C)=O. The lowest BCUT2D eigenvalue weighted by Crippen LogP contribution is -2.05. The van der Waals surface area contributed by atoms with E-state index in [1.54, 1.807) is 0 Å². The van der Waals surface area contributed by atoms with E-state index in [0.717, 1.165) is 44.9 Å². The number of allylic oxidation sites excluding steroid dienone is 1. The third-order valence-electron chi connectivity index (χ3n) is 2.52. The molecule has 0 aliphatic rings. The van der Waals surface area contributed by atoms with Crippen LogP contribution in [-0.4, -0.2) is 23.8 Å². The molecular formula is C14H26O3. The quantitative estimate of drug-likeness (QED) is 0.363. The van der Waals surface area contributed by atoms with Crippen LogP contribution in [0.3, 0.4) is 0 Å². The van der Waals surface area contributed by atoms with Gasteiger partial charge in [0.05, 0.1) is 12.7 Å². The first-order valence-electron chi connectivity index (χ1n) is 6.63. The van der Waals surface area contributed by atoms with Gasteiger partial charge in [-0.05, 0) is 32.1 Å². The summed E-state index contributed by atoms with van der Waals surface area (Å²) >= 11 is 0. The van der Waals surface area contributed by atoms with Crippen LogP contribution in [0.5, 0.6) is 0 Å². The van der Waals surface area contributed by atoms with Crippen LogP contribution in [0.4, 0.5) is 0 Å². The second-order valence-electron chi connectivity index (χ2n) is 4.34. The van der Waals surface area contributed by atoms with E-state index in [-0.39, 0.29) is 12.1 Å². The average molecular weight is 242 g/mol. The average Bonchev–Trinajstić information content (AvgIpc) is 2.29. The van der Waals surface area contributed by atoms with Crippen LogP contribution >= 0.6 is 0 Å². The molecule has 0 amide bonds. The highest BCUT2D eigenvalue weighted by atomic mass is 16.5. The van der Waals surface area contributed by atoms with Crippen molar-refractivity contribution in [2.75, 3.05) is 6.61 Å². The van der Waals surface area contributed by atoms with Crippen molar-refractivity contribution in [1.29, 1.82) is 0 Å². The first kappa shape index (κ1) is 16.2. The lowest BCUT2D eigenvalue weighted by Gasteiger charge is -2.07. The van der Waals surface area contributed by atoms with Crippen LogP contribution in [-0.2, 0) is 9.53 Å². The molecule has 0 aliphatic carbocycles. The fourth-order valence-electron chi connectivity index (χ4n) is 1.53. The van der Waals surface area contributed by atoms with Gasteiger partial charge in [0, 0.05) is 6.92 Å². The monoisotopic (exact) mass is 242 g/mol. The van der Waals surface area contributed by atoms with Gasteiger partial charge >= 0.3 is 5.97 Å². The lowest BCUT2D eigenvalue weighted by molar-refractivity contribution is -0.141. The zero-order valence-electron chi connectivity index (χ0n) is 11.2. The molecule has 17 heavy (non-hydrogen) atoms. The molecule has 1 atom stereocenters. The van der Waals surface area contributed by atoms with E-state index in [9.17, 15) is 9.90 Å². The Morgan fingerprint density at radius 3 is 2.71 bits per heavy atom. The van der Waals surface area contributed by atoms with Gasteiger partial charge in [-0.2, -0.15) is 0 Å². The van der Waals surface area contributed by atoms with E-state index in [1.165, 1.54) is 6.92 Å². The van der Waals surface area contributed by atoms with Crippen molar-refractivity contribution in [1.82, 2.24) is 0 Å². The summed E-state index contributed by atoms with van der Waals surface area (Å²) in [7, 11) is 0. The molecule has 0 bridgehead atoms. The molecule has 0 rings (SSSR count). The number of hydrogen-bond donors (Lipinski definition) is 1. The molecule has 0 spiro atoms. The van der Waals surface area contributed by atoms with Gasteiger partial charge < -0.3 is 9.84 Å². The highest BCUT2D eigenvalue weighted by Gasteiger charge is 2.01. The van der Waals surface area contributed by atoms with Gasteiger partial charge in [-0.25, -0.2) is 0 Å². The van der Waals surface area contributed by atoms with Gasteiger partial charge in [0.2, 0.25) is 0 Å². The van der Waals surface area contributed by atoms with Crippen LogP contribution in [0.25, 0.3) is 0 Å². The summed E-state index contributed by atoms with van der Waals surface area (Å²) in [4.78, 5) is 10.5. The normalized spacial score (nSPS) is 12.9. The summed E-state index contributed by atoms with van der Waals surface area (Å²) in [6.45, 7) is 4.07. The van der Waals surface area contributed by atoms with Crippen molar-refractivity contribution >= 4 is 5.97 Å². The molecule has 0 radical (unpaired) electrons. The number of rotatable bonds is 10. The number of unbranched alkanes of at least 4 members (excludes halogenated alkanes) is 3. The second-order valence-corrected chi connectivity index (χ2v) is 4.34. The molecule has 1 unspecified atom stereocenters. The van der Waals surface area contributed by atoms with E-state index < -0.39 is 0 Å². The molecule has 0 heterocycles. The number of carbonyl (C=O) groups excluding carboxylic acids is 1. The van der Waals surface area contributed by atoms with Crippen LogP contribution < -0.4 is 0 Å². The summed E-state index contributed by atoms with van der Waals surface area (Å²) in [6, 6.07) is 0. The van der Waals surface area contributed by atoms with E-state index in [4.69, 9.17) is 4.74 Å². The Hall–Kier alpha value is -0.830. The largest absolute Gasteiger partial charge is 0.466 e. The lowest BCUT2D eigenvalue weighted by atomic mass is 10.1.